The summed E-state index contributed by atoms with van der Waals surface area (Å²) in [5.74, 6) is 0.553. The van der Waals surface area contributed by atoms with Crippen LogP contribution in [0.25, 0.3) is 10.8 Å². The molecule has 1 aliphatic heterocycles. The van der Waals surface area contributed by atoms with Gasteiger partial charge in [-0.15, -0.1) is 0 Å². The normalized spacial score (nSPS) is 17.8. The van der Waals surface area contributed by atoms with Gasteiger partial charge in [-0.2, -0.15) is 38.1 Å². The molecule has 0 fully saturated rings. The number of halogens is 7. The van der Waals surface area contributed by atoms with Gasteiger partial charge >= 0.3 is 12.4 Å². The molecule has 1 heterocycles. The van der Waals surface area contributed by atoms with Crippen molar-refractivity contribution in [2.45, 2.75) is 37.3 Å². The molecule has 12 heteroatoms. The molecule has 0 radical (unpaired) electrons. The third kappa shape index (κ3) is 5.66. The largest absolute Gasteiger partial charge is 0.435 e. The average Bonchev–Trinajstić information content (AvgIpc) is 3.32. The molecule has 1 N–H and O–H groups in total. The van der Waals surface area contributed by atoms with Crippen LogP contribution in [0, 0.1) is 0 Å². The number of thioether (sulfide) groups is 1. The minimum absolute atomic E-state index is 0.0531. The zero-order valence-electron chi connectivity index (χ0n) is 19.8. The number of fused-ring (bicyclic) bond motifs is 1. The zero-order chi connectivity index (χ0) is 27.7. The second kappa shape index (κ2) is 10.8. The van der Waals surface area contributed by atoms with Crippen molar-refractivity contribution in [1.29, 1.82) is 0 Å². The minimum atomic E-state index is -5.07. The molecule has 4 rings (SSSR count). The summed E-state index contributed by atoms with van der Waals surface area (Å²) in [5, 5.41) is 7.86. The van der Waals surface area contributed by atoms with Crippen molar-refractivity contribution in [3.05, 3.63) is 81.3 Å². The van der Waals surface area contributed by atoms with E-state index in [1.165, 1.54) is 0 Å². The van der Waals surface area contributed by atoms with Crippen molar-refractivity contribution in [2.75, 3.05) is 12.0 Å². The standard InChI is InChI=1S/C26H21BrF6N2O2S/c1-38-9-8-23(36)34-14-15-6-7-21(20-5-3-2-4-19(15)20)22-13-24(37-35-22,26(31,32)33)16-10-17(25(28,29)30)12-18(27)11-16/h2-7,10-12H,8-9,13-14H2,1H3,(H,34,36). The summed E-state index contributed by atoms with van der Waals surface area (Å²) < 4.78 is 83.4. The van der Waals surface area contributed by atoms with Crippen LogP contribution < -0.4 is 5.32 Å². The van der Waals surface area contributed by atoms with E-state index in [-0.39, 0.29) is 22.6 Å². The number of oxime groups is 1. The Hall–Kier alpha value is -2.73. The molecule has 4 nitrogen and oxygen atoms in total. The predicted octanol–water partition coefficient (Wildman–Crippen LogP) is 7.57. The first-order chi connectivity index (χ1) is 17.9. The quantitative estimate of drug-likeness (QED) is 0.278. The monoisotopic (exact) mass is 618 g/mol. The Balaban J connectivity index is 1.71. The van der Waals surface area contributed by atoms with Gasteiger partial charge < -0.3 is 10.2 Å². The highest BCUT2D eigenvalue weighted by Crippen LogP contribution is 2.50. The van der Waals surface area contributed by atoms with Gasteiger partial charge in [0.1, 0.15) is 0 Å². The van der Waals surface area contributed by atoms with Gasteiger partial charge in [0, 0.05) is 40.7 Å². The van der Waals surface area contributed by atoms with E-state index in [9.17, 15) is 31.1 Å². The zero-order valence-corrected chi connectivity index (χ0v) is 22.2. The van der Waals surface area contributed by atoms with Gasteiger partial charge in [0.15, 0.2) is 0 Å². The van der Waals surface area contributed by atoms with E-state index in [4.69, 9.17) is 4.84 Å². The summed E-state index contributed by atoms with van der Waals surface area (Å²) in [6, 6.07) is 12.3. The molecule has 1 aliphatic rings. The first kappa shape index (κ1) is 28.3. The van der Waals surface area contributed by atoms with Crippen LogP contribution in [0.4, 0.5) is 26.3 Å². The lowest BCUT2D eigenvalue weighted by Gasteiger charge is -2.30. The number of benzene rings is 3. The number of rotatable bonds is 7. The summed E-state index contributed by atoms with van der Waals surface area (Å²) in [6.07, 6.45) is -8.49. The third-order valence-electron chi connectivity index (χ3n) is 6.21. The lowest BCUT2D eigenvalue weighted by Crippen LogP contribution is -2.43. The van der Waals surface area contributed by atoms with Crippen molar-refractivity contribution in [3.63, 3.8) is 0 Å². The molecule has 0 saturated carbocycles. The maximum atomic E-state index is 14.5. The van der Waals surface area contributed by atoms with E-state index in [2.05, 4.69) is 26.4 Å². The molecule has 3 aromatic carbocycles. The van der Waals surface area contributed by atoms with Gasteiger partial charge in [0.25, 0.3) is 5.60 Å². The van der Waals surface area contributed by atoms with Crippen molar-refractivity contribution in [3.8, 4) is 0 Å². The molecule has 202 valence electrons. The van der Waals surface area contributed by atoms with Crippen LogP contribution in [0.1, 0.15) is 35.1 Å². The molecule has 38 heavy (non-hydrogen) atoms. The highest BCUT2D eigenvalue weighted by molar-refractivity contribution is 9.10. The molecule has 0 spiro atoms. The molecular formula is C26H21BrF6N2O2S. The van der Waals surface area contributed by atoms with Gasteiger partial charge in [-0.25, -0.2) is 0 Å². The Kier molecular flexibility index (Phi) is 8.04. The summed E-state index contributed by atoms with van der Waals surface area (Å²) >= 11 is 4.44. The fraction of sp³-hybridized carbons (Fsp3) is 0.308. The highest BCUT2D eigenvalue weighted by Gasteiger charge is 2.62. The predicted molar refractivity (Wildman–Crippen MR) is 138 cm³/mol. The average molecular weight is 619 g/mol. The lowest BCUT2D eigenvalue weighted by atomic mass is 9.84. The lowest BCUT2D eigenvalue weighted by molar-refractivity contribution is -0.276. The van der Waals surface area contributed by atoms with E-state index >= 15 is 0 Å². The number of nitrogens with zero attached hydrogens (tertiary/aromatic N) is 1. The SMILES string of the molecule is CSCCC(=O)NCc1ccc(C2=NOC(c3cc(Br)cc(C(F)(F)F)c3)(C(F)(F)F)C2)c2ccccc12. The molecule has 1 amide bonds. The van der Waals surface area contributed by atoms with E-state index in [1.807, 2.05) is 6.26 Å². The number of nitrogens with one attached hydrogen (secondary N) is 1. The summed E-state index contributed by atoms with van der Waals surface area (Å²) in [5.41, 5.74) is -3.99. The molecule has 1 atom stereocenters. The smallest absolute Gasteiger partial charge is 0.374 e. The maximum absolute atomic E-state index is 14.5. The van der Waals surface area contributed by atoms with Crippen LogP contribution in [-0.2, 0) is 28.0 Å². The Morgan fingerprint density at radius 3 is 2.45 bits per heavy atom. The fourth-order valence-electron chi connectivity index (χ4n) is 4.28. The molecule has 3 aromatic rings. The number of carbonyl (C=O) groups is 1. The van der Waals surface area contributed by atoms with Gasteiger partial charge in [0.05, 0.1) is 11.3 Å². The van der Waals surface area contributed by atoms with Gasteiger partial charge in [-0.3, -0.25) is 4.79 Å². The summed E-state index contributed by atoms with van der Waals surface area (Å²) in [7, 11) is 0. The van der Waals surface area contributed by atoms with Gasteiger partial charge in [0.2, 0.25) is 5.91 Å². The van der Waals surface area contributed by atoms with Crippen molar-refractivity contribution in [1.82, 2.24) is 5.32 Å². The molecule has 0 aliphatic carbocycles. The Bertz CT molecular complexity index is 1390. The Morgan fingerprint density at radius 2 is 1.79 bits per heavy atom. The van der Waals surface area contributed by atoms with Gasteiger partial charge in [-0.05, 0) is 40.8 Å². The van der Waals surface area contributed by atoms with Gasteiger partial charge in [-0.1, -0.05) is 57.5 Å². The number of hydrogen-bond donors (Lipinski definition) is 1. The first-order valence-electron chi connectivity index (χ1n) is 11.3. The summed E-state index contributed by atoms with van der Waals surface area (Å²) in [6.45, 7) is 0.224. The first-order valence-corrected chi connectivity index (χ1v) is 13.5. The second-order valence-corrected chi connectivity index (χ2v) is 10.6. The van der Waals surface area contributed by atoms with Crippen LogP contribution in [0.3, 0.4) is 0 Å². The molecule has 0 aromatic heterocycles. The fourth-order valence-corrected chi connectivity index (χ4v) is 5.16. The molecule has 0 bridgehead atoms. The minimum Gasteiger partial charge on any atom is -0.374 e. The number of hydrogen-bond acceptors (Lipinski definition) is 4. The Morgan fingerprint density at radius 1 is 1.08 bits per heavy atom. The summed E-state index contributed by atoms with van der Waals surface area (Å²) in [4.78, 5) is 17.0. The topological polar surface area (TPSA) is 50.7 Å². The Labute approximate surface area is 226 Å². The third-order valence-corrected chi connectivity index (χ3v) is 7.28. The second-order valence-electron chi connectivity index (χ2n) is 8.69. The maximum Gasteiger partial charge on any atom is 0.435 e. The van der Waals surface area contributed by atoms with E-state index in [1.54, 1.807) is 48.2 Å². The van der Waals surface area contributed by atoms with E-state index in [0.29, 0.717) is 40.6 Å². The van der Waals surface area contributed by atoms with Crippen LogP contribution >= 0.6 is 27.7 Å². The van der Waals surface area contributed by atoms with Crippen molar-refractivity contribution >= 4 is 50.1 Å². The van der Waals surface area contributed by atoms with Crippen LogP contribution in [0.15, 0.2) is 64.2 Å². The molecule has 1 unspecified atom stereocenters. The van der Waals surface area contributed by atoms with Crippen molar-refractivity contribution < 1.29 is 36.0 Å². The molecular weight excluding hydrogens is 598 g/mol. The highest BCUT2D eigenvalue weighted by atomic mass is 79.9. The number of amides is 1. The van der Waals surface area contributed by atoms with Crippen LogP contribution in [0.2, 0.25) is 0 Å². The van der Waals surface area contributed by atoms with E-state index in [0.717, 1.165) is 11.6 Å². The van der Waals surface area contributed by atoms with Crippen LogP contribution in [-0.4, -0.2) is 29.8 Å². The molecule has 0 saturated heterocycles. The number of alkyl halides is 6. The number of carbonyl (C=O) groups excluding carboxylic acids is 1. The van der Waals surface area contributed by atoms with Crippen molar-refractivity contribution in [2.24, 2.45) is 5.16 Å². The van der Waals surface area contributed by atoms with Crippen LogP contribution in [0.5, 0.6) is 0 Å². The van der Waals surface area contributed by atoms with E-state index < -0.39 is 35.5 Å².